The van der Waals surface area contributed by atoms with E-state index in [1.165, 1.54) is 5.56 Å². The normalized spacial score (nSPS) is 17.9. The Morgan fingerprint density at radius 3 is 2.50 bits per heavy atom. The molecule has 14 heavy (non-hydrogen) atoms. The maximum atomic E-state index is 5.40. The number of benzene rings is 1. The number of anilines is 1. The molecule has 1 heterocycles. The van der Waals surface area contributed by atoms with Gasteiger partial charge in [-0.1, -0.05) is 12.1 Å². The van der Waals surface area contributed by atoms with E-state index in [-0.39, 0.29) is 0 Å². The van der Waals surface area contributed by atoms with E-state index >= 15 is 0 Å². The quantitative estimate of drug-likeness (QED) is 0.678. The fourth-order valence-corrected chi connectivity index (χ4v) is 1.48. The van der Waals surface area contributed by atoms with Crippen LogP contribution in [0.3, 0.4) is 0 Å². The van der Waals surface area contributed by atoms with Crippen LogP contribution in [0, 0.1) is 6.92 Å². The molecule has 1 saturated heterocycles. The Kier molecular flexibility index (Phi) is 3.01. The average Bonchev–Trinajstić information content (AvgIpc) is 2.45. The van der Waals surface area contributed by atoms with Crippen LogP contribution in [0.4, 0.5) is 5.69 Å². The van der Waals surface area contributed by atoms with Crippen LogP contribution in [0.1, 0.15) is 5.56 Å². The summed E-state index contributed by atoms with van der Waals surface area (Å²) in [7, 11) is 0. The van der Waals surface area contributed by atoms with E-state index in [2.05, 4.69) is 36.1 Å². The highest BCUT2D eigenvalue weighted by atomic mass is 16.6. The molecule has 0 radical (unpaired) electrons. The highest BCUT2D eigenvalue weighted by Gasteiger charge is 2.09. The monoisotopic (exact) mass is 193 g/mol. The Hall–Kier alpha value is -1.06. The number of nitrogens with zero attached hydrogens (tertiary/aromatic N) is 1. The van der Waals surface area contributed by atoms with Gasteiger partial charge < -0.3 is 14.4 Å². The number of aryl methyl sites for hydroxylation is 1. The number of hydrogen-bond donors (Lipinski definition) is 0. The first-order chi connectivity index (χ1) is 6.86. The van der Waals surface area contributed by atoms with Crippen LogP contribution in [0.2, 0.25) is 0 Å². The fraction of sp³-hybridized carbons (Fsp3) is 0.455. The molecule has 0 atom stereocenters. The molecule has 1 aliphatic heterocycles. The van der Waals surface area contributed by atoms with Crippen LogP contribution >= 0.6 is 0 Å². The molecular weight excluding hydrogens is 178 g/mol. The zero-order valence-corrected chi connectivity index (χ0v) is 8.40. The lowest BCUT2D eigenvalue weighted by Gasteiger charge is -2.21. The molecule has 1 aliphatic rings. The number of hydrogen-bond acceptors (Lipinski definition) is 3. The summed E-state index contributed by atoms with van der Waals surface area (Å²) in [6.07, 6.45) is 0. The molecule has 0 aromatic heterocycles. The van der Waals surface area contributed by atoms with Crippen molar-refractivity contribution in [2.75, 3.05) is 31.6 Å². The maximum absolute atomic E-state index is 5.40. The van der Waals surface area contributed by atoms with E-state index in [9.17, 15) is 0 Å². The summed E-state index contributed by atoms with van der Waals surface area (Å²) >= 11 is 0. The average molecular weight is 193 g/mol. The lowest BCUT2D eigenvalue weighted by molar-refractivity contribution is 0.103. The summed E-state index contributed by atoms with van der Waals surface area (Å²) in [5.74, 6) is 0. The molecule has 3 heteroatoms. The number of rotatable bonds is 1. The smallest absolute Gasteiger partial charge is 0.121 e. The Morgan fingerprint density at radius 1 is 1.14 bits per heavy atom. The van der Waals surface area contributed by atoms with E-state index in [4.69, 9.17) is 9.47 Å². The summed E-state index contributed by atoms with van der Waals surface area (Å²) in [5, 5.41) is 0. The van der Waals surface area contributed by atoms with Gasteiger partial charge in [0.1, 0.15) is 13.5 Å². The van der Waals surface area contributed by atoms with E-state index < -0.39 is 0 Å². The first-order valence-electron chi connectivity index (χ1n) is 4.83. The van der Waals surface area contributed by atoms with Crippen molar-refractivity contribution >= 4 is 5.69 Å². The summed E-state index contributed by atoms with van der Waals surface area (Å²) in [6.45, 7) is 4.68. The summed E-state index contributed by atoms with van der Waals surface area (Å²) in [5.41, 5.74) is 2.42. The fourth-order valence-electron chi connectivity index (χ4n) is 1.48. The van der Waals surface area contributed by atoms with E-state index in [1.54, 1.807) is 0 Å². The highest BCUT2D eigenvalue weighted by Crippen LogP contribution is 2.16. The maximum Gasteiger partial charge on any atom is 0.121 e. The molecule has 0 N–H and O–H groups in total. The molecule has 0 amide bonds. The summed E-state index contributed by atoms with van der Waals surface area (Å²) in [6, 6.07) is 8.35. The van der Waals surface area contributed by atoms with Gasteiger partial charge >= 0.3 is 0 Å². The molecule has 2 rings (SSSR count). The molecule has 1 aromatic carbocycles. The van der Waals surface area contributed by atoms with Crippen molar-refractivity contribution in [3.05, 3.63) is 29.8 Å². The predicted molar refractivity (Wildman–Crippen MR) is 55.3 cm³/mol. The van der Waals surface area contributed by atoms with Gasteiger partial charge in [-0.2, -0.15) is 0 Å². The van der Waals surface area contributed by atoms with Crippen LogP contribution in [-0.2, 0) is 9.47 Å². The van der Waals surface area contributed by atoms with Crippen molar-refractivity contribution in [1.29, 1.82) is 0 Å². The Bertz CT molecular complexity index is 293. The van der Waals surface area contributed by atoms with Gasteiger partial charge in [0, 0.05) is 5.69 Å². The zero-order valence-electron chi connectivity index (χ0n) is 8.40. The first kappa shape index (κ1) is 9.49. The van der Waals surface area contributed by atoms with Gasteiger partial charge in [0.25, 0.3) is 0 Å². The third-order valence-electron chi connectivity index (χ3n) is 2.23. The van der Waals surface area contributed by atoms with Gasteiger partial charge in [-0.25, -0.2) is 0 Å². The van der Waals surface area contributed by atoms with E-state index in [1.807, 2.05) is 0 Å². The second-order valence-electron chi connectivity index (χ2n) is 3.45. The largest absolute Gasteiger partial charge is 0.359 e. The highest BCUT2D eigenvalue weighted by molar-refractivity contribution is 5.47. The topological polar surface area (TPSA) is 21.7 Å². The molecule has 1 fully saturated rings. The lowest BCUT2D eigenvalue weighted by atomic mass is 10.2. The van der Waals surface area contributed by atoms with Crippen LogP contribution in [0.25, 0.3) is 0 Å². The minimum absolute atomic E-state index is 0.615. The number of ether oxygens (including phenoxy) is 2. The molecule has 3 nitrogen and oxygen atoms in total. The van der Waals surface area contributed by atoms with Crippen molar-refractivity contribution in [3.63, 3.8) is 0 Å². The molecule has 0 bridgehead atoms. The van der Waals surface area contributed by atoms with Crippen molar-refractivity contribution in [2.45, 2.75) is 6.92 Å². The van der Waals surface area contributed by atoms with Crippen molar-refractivity contribution in [1.82, 2.24) is 0 Å². The molecule has 1 aromatic rings. The minimum atomic E-state index is 0.615. The molecule has 0 aliphatic carbocycles. The van der Waals surface area contributed by atoms with Gasteiger partial charge in [0.2, 0.25) is 0 Å². The molecule has 76 valence electrons. The molecule has 0 saturated carbocycles. The van der Waals surface area contributed by atoms with Crippen molar-refractivity contribution < 1.29 is 9.47 Å². The van der Waals surface area contributed by atoms with Gasteiger partial charge in [0.05, 0.1) is 13.2 Å². The third-order valence-corrected chi connectivity index (χ3v) is 2.23. The van der Waals surface area contributed by atoms with Gasteiger partial charge in [-0.3, -0.25) is 0 Å². The van der Waals surface area contributed by atoms with Gasteiger partial charge in [0.15, 0.2) is 0 Å². The summed E-state index contributed by atoms with van der Waals surface area (Å²) < 4.78 is 10.8. The van der Waals surface area contributed by atoms with Crippen LogP contribution in [0.5, 0.6) is 0 Å². The second-order valence-corrected chi connectivity index (χ2v) is 3.45. The van der Waals surface area contributed by atoms with Gasteiger partial charge in [-0.05, 0) is 24.6 Å². The van der Waals surface area contributed by atoms with Crippen molar-refractivity contribution in [3.8, 4) is 0 Å². The zero-order chi connectivity index (χ0) is 9.80. The standard InChI is InChI=1S/C11H15NO2/c1-10-3-2-4-11(7-10)12-8-13-5-6-14-9-12/h2-4,7H,5-6,8-9H2,1H3. The molecule has 0 spiro atoms. The van der Waals surface area contributed by atoms with Crippen LogP contribution < -0.4 is 4.90 Å². The Labute approximate surface area is 84.2 Å². The van der Waals surface area contributed by atoms with E-state index in [0.717, 1.165) is 5.69 Å². The lowest BCUT2D eigenvalue weighted by Crippen LogP contribution is -2.25. The Morgan fingerprint density at radius 2 is 1.86 bits per heavy atom. The predicted octanol–water partition coefficient (Wildman–Crippen LogP) is 1.76. The van der Waals surface area contributed by atoms with E-state index in [0.29, 0.717) is 26.7 Å². The Balaban J connectivity index is 2.12. The minimum Gasteiger partial charge on any atom is -0.359 e. The van der Waals surface area contributed by atoms with Crippen LogP contribution in [-0.4, -0.2) is 26.7 Å². The summed E-state index contributed by atoms with van der Waals surface area (Å²) in [4.78, 5) is 2.08. The second kappa shape index (κ2) is 4.44. The molecular formula is C11H15NO2. The first-order valence-corrected chi connectivity index (χ1v) is 4.83. The third kappa shape index (κ3) is 2.25. The van der Waals surface area contributed by atoms with Crippen molar-refractivity contribution in [2.24, 2.45) is 0 Å². The molecule has 0 unspecified atom stereocenters. The van der Waals surface area contributed by atoms with Gasteiger partial charge in [-0.15, -0.1) is 0 Å². The van der Waals surface area contributed by atoms with Crippen LogP contribution in [0.15, 0.2) is 24.3 Å². The SMILES string of the molecule is Cc1cccc(N2COCCOC2)c1.